The van der Waals surface area contributed by atoms with Crippen molar-refractivity contribution in [3.63, 3.8) is 0 Å². The fraction of sp³-hybridized carbons (Fsp3) is 0.455. The summed E-state index contributed by atoms with van der Waals surface area (Å²) in [6, 6.07) is 9.29. The Labute approximate surface area is 166 Å². The van der Waals surface area contributed by atoms with Crippen LogP contribution in [0.2, 0.25) is 0 Å². The van der Waals surface area contributed by atoms with Crippen LogP contribution in [0.3, 0.4) is 0 Å². The largest absolute Gasteiger partial charge is 0.491 e. The fourth-order valence-corrected chi connectivity index (χ4v) is 3.55. The molecule has 1 saturated heterocycles. The molecular formula is C22H29N3O3. The average molecular weight is 383 g/mol. The maximum atomic E-state index is 12.6. The Morgan fingerprint density at radius 3 is 2.43 bits per heavy atom. The van der Waals surface area contributed by atoms with E-state index in [2.05, 4.69) is 10.2 Å². The van der Waals surface area contributed by atoms with E-state index in [1.165, 1.54) is 32.8 Å². The predicted molar refractivity (Wildman–Crippen MR) is 111 cm³/mol. The normalized spacial score (nSPS) is 15.1. The lowest BCUT2D eigenvalue weighted by Gasteiger charge is -2.23. The number of methoxy groups -OCH3 is 1. The molecule has 150 valence electrons. The average Bonchev–Trinajstić information content (AvgIpc) is 2.94. The molecule has 3 rings (SSSR count). The van der Waals surface area contributed by atoms with Crippen molar-refractivity contribution >= 4 is 11.6 Å². The molecule has 1 amide bonds. The highest BCUT2D eigenvalue weighted by Crippen LogP contribution is 2.15. The molecule has 6 heteroatoms. The number of ether oxygens (including phenoxy) is 1. The van der Waals surface area contributed by atoms with Gasteiger partial charge in [0, 0.05) is 24.0 Å². The van der Waals surface area contributed by atoms with E-state index in [4.69, 9.17) is 4.74 Å². The second-order valence-corrected chi connectivity index (χ2v) is 7.43. The van der Waals surface area contributed by atoms with Crippen LogP contribution in [0, 0.1) is 6.92 Å². The number of pyridine rings is 1. The first-order valence-corrected chi connectivity index (χ1v) is 9.91. The van der Waals surface area contributed by atoms with Crippen LogP contribution in [0.5, 0.6) is 5.75 Å². The molecule has 2 heterocycles. The van der Waals surface area contributed by atoms with Crippen LogP contribution < -0.4 is 15.5 Å². The number of rotatable bonds is 6. The van der Waals surface area contributed by atoms with Gasteiger partial charge in [-0.1, -0.05) is 30.5 Å². The Hall–Kier alpha value is -2.60. The van der Waals surface area contributed by atoms with Crippen LogP contribution in [-0.4, -0.2) is 35.6 Å². The summed E-state index contributed by atoms with van der Waals surface area (Å²) in [6.45, 7) is 4.85. The van der Waals surface area contributed by atoms with Crippen LogP contribution in [0.1, 0.15) is 36.9 Å². The zero-order chi connectivity index (χ0) is 19.9. The van der Waals surface area contributed by atoms with E-state index < -0.39 is 0 Å². The Morgan fingerprint density at radius 1 is 1.11 bits per heavy atom. The number of likely N-dealkylation sites (tertiary alicyclic amines) is 1. The van der Waals surface area contributed by atoms with Gasteiger partial charge < -0.3 is 14.6 Å². The fourth-order valence-electron chi connectivity index (χ4n) is 3.55. The van der Waals surface area contributed by atoms with E-state index in [1.807, 2.05) is 35.8 Å². The molecule has 1 aromatic carbocycles. The van der Waals surface area contributed by atoms with Crippen LogP contribution in [0.25, 0.3) is 0 Å². The molecule has 1 fully saturated rings. The number of amides is 1. The van der Waals surface area contributed by atoms with Gasteiger partial charge in [0.15, 0.2) is 5.75 Å². The lowest BCUT2D eigenvalue weighted by atomic mass is 10.2. The zero-order valence-electron chi connectivity index (χ0n) is 16.7. The van der Waals surface area contributed by atoms with Gasteiger partial charge in [-0.3, -0.25) is 14.5 Å². The highest BCUT2D eigenvalue weighted by Gasteiger charge is 2.15. The van der Waals surface area contributed by atoms with Crippen LogP contribution in [0.15, 0.2) is 41.3 Å². The second-order valence-electron chi connectivity index (χ2n) is 7.43. The van der Waals surface area contributed by atoms with Crippen LogP contribution in [-0.2, 0) is 17.9 Å². The molecule has 0 spiro atoms. The van der Waals surface area contributed by atoms with Gasteiger partial charge in [0.2, 0.25) is 11.3 Å². The second kappa shape index (κ2) is 9.55. The predicted octanol–water partition coefficient (Wildman–Crippen LogP) is 3.18. The van der Waals surface area contributed by atoms with Crippen molar-refractivity contribution in [2.45, 2.75) is 45.7 Å². The van der Waals surface area contributed by atoms with Crippen molar-refractivity contribution in [3.05, 3.63) is 58.0 Å². The number of hydrogen-bond acceptors (Lipinski definition) is 4. The highest BCUT2D eigenvalue weighted by molar-refractivity contribution is 5.90. The van der Waals surface area contributed by atoms with Crippen LogP contribution in [0.4, 0.5) is 5.69 Å². The summed E-state index contributed by atoms with van der Waals surface area (Å²) in [5, 5.41) is 2.92. The number of aryl methyl sites for hydroxylation is 1. The van der Waals surface area contributed by atoms with E-state index in [1.54, 1.807) is 12.3 Å². The molecule has 0 atom stereocenters. The van der Waals surface area contributed by atoms with E-state index in [0.29, 0.717) is 6.54 Å². The maximum Gasteiger partial charge on any atom is 0.244 e. The molecule has 2 aromatic rings. The molecule has 1 aliphatic heterocycles. The first-order chi connectivity index (χ1) is 13.5. The van der Waals surface area contributed by atoms with Gasteiger partial charge in [0.1, 0.15) is 6.54 Å². The molecule has 0 bridgehead atoms. The number of nitrogens with one attached hydrogen (secondary N) is 1. The third kappa shape index (κ3) is 5.45. The summed E-state index contributed by atoms with van der Waals surface area (Å²) in [6.07, 6.45) is 6.50. The third-order valence-corrected chi connectivity index (χ3v) is 5.14. The quantitative estimate of drug-likeness (QED) is 0.832. The molecule has 1 N–H and O–H groups in total. The van der Waals surface area contributed by atoms with E-state index in [-0.39, 0.29) is 23.6 Å². The lowest BCUT2D eigenvalue weighted by Crippen LogP contribution is -2.29. The van der Waals surface area contributed by atoms with E-state index in [9.17, 15) is 9.59 Å². The van der Waals surface area contributed by atoms with Gasteiger partial charge in [-0.05, 0) is 45.0 Å². The van der Waals surface area contributed by atoms with E-state index in [0.717, 1.165) is 30.0 Å². The van der Waals surface area contributed by atoms with Crippen molar-refractivity contribution in [2.24, 2.45) is 0 Å². The number of carbonyl (C=O) groups is 1. The Morgan fingerprint density at radius 2 is 1.79 bits per heavy atom. The number of nitrogens with zero attached hydrogens (tertiary/aromatic N) is 2. The molecule has 28 heavy (non-hydrogen) atoms. The molecule has 0 unspecified atom stereocenters. The number of hydrogen-bond donors (Lipinski definition) is 1. The molecule has 1 aliphatic rings. The molecular weight excluding hydrogens is 354 g/mol. The third-order valence-electron chi connectivity index (χ3n) is 5.14. The van der Waals surface area contributed by atoms with Gasteiger partial charge in [-0.25, -0.2) is 0 Å². The highest BCUT2D eigenvalue weighted by atomic mass is 16.5. The Bertz CT molecular complexity index is 850. The molecule has 0 radical (unpaired) electrons. The number of aromatic nitrogens is 1. The monoisotopic (exact) mass is 383 g/mol. The summed E-state index contributed by atoms with van der Waals surface area (Å²) in [7, 11) is 1.47. The van der Waals surface area contributed by atoms with Crippen molar-refractivity contribution in [1.29, 1.82) is 0 Å². The van der Waals surface area contributed by atoms with Crippen molar-refractivity contribution in [3.8, 4) is 5.75 Å². The topological polar surface area (TPSA) is 63.6 Å². The van der Waals surface area contributed by atoms with Crippen molar-refractivity contribution in [1.82, 2.24) is 9.47 Å². The lowest BCUT2D eigenvalue weighted by molar-refractivity contribution is -0.116. The molecule has 1 aromatic heterocycles. The van der Waals surface area contributed by atoms with E-state index >= 15 is 0 Å². The van der Waals surface area contributed by atoms with Crippen LogP contribution >= 0.6 is 0 Å². The minimum absolute atomic E-state index is 0.133. The number of benzene rings is 1. The molecule has 0 saturated carbocycles. The number of carbonyl (C=O) groups excluding carboxylic acids is 1. The maximum absolute atomic E-state index is 12.6. The SMILES string of the molecule is COc1cn(CC(=O)Nc2ccc(C)cc2)c(CN2CCCCCC2)cc1=O. The van der Waals surface area contributed by atoms with Gasteiger partial charge >= 0.3 is 0 Å². The minimum Gasteiger partial charge on any atom is -0.491 e. The van der Waals surface area contributed by atoms with Gasteiger partial charge in [-0.15, -0.1) is 0 Å². The first-order valence-electron chi connectivity index (χ1n) is 9.91. The standard InChI is InChI=1S/C22H29N3O3/c1-17-7-9-18(10-8-17)23-22(27)16-25-15-21(28-2)20(26)13-19(25)14-24-11-5-3-4-6-12-24/h7-10,13,15H,3-6,11-12,14,16H2,1-2H3,(H,23,27). The minimum atomic E-state index is -0.150. The smallest absolute Gasteiger partial charge is 0.244 e. The van der Waals surface area contributed by atoms with Crippen molar-refractivity contribution < 1.29 is 9.53 Å². The summed E-state index contributed by atoms with van der Waals surface area (Å²) in [5.41, 5.74) is 2.59. The summed E-state index contributed by atoms with van der Waals surface area (Å²) in [4.78, 5) is 27.2. The molecule has 6 nitrogen and oxygen atoms in total. The summed E-state index contributed by atoms with van der Waals surface area (Å²) < 4.78 is 7.01. The first kappa shape index (κ1) is 20.1. The van der Waals surface area contributed by atoms with Gasteiger partial charge in [0.05, 0.1) is 13.3 Å². The zero-order valence-corrected chi connectivity index (χ0v) is 16.7. The Balaban J connectivity index is 1.77. The molecule has 0 aliphatic carbocycles. The van der Waals surface area contributed by atoms with Gasteiger partial charge in [0.25, 0.3) is 0 Å². The Kier molecular flexibility index (Phi) is 6.87. The summed E-state index contributed by atoms with van der Waals surface area (Å²) >= 11 is 0. The number of anilines is 1. The van der Waals surface area contributed by atoms with Crippen molar-refractivity contribution in [2.75, 3.05) is 25.5 Å². The summed E-state index contributed by atoms with van der Waals surface area (Å²) in [5.74, 6) is 0.120. The van der Waals surface area contributed by atoms with Gasteiger partial charge in [-0.2, -0.15) is 0 Å².